The zero-order chi connectivity index (χ0) is 12.0. The van der Waals surface area contributed by atoms with E-state index in [9.17, 15) is 18.3 Å². The Kier molecular flexibility index (Phi) is 3.12. The van der Waals surface area contributed by atoms with Crippen molar-refractivity contribution in [2.75, 3.05) is 0 Å². The molecule has 1 nitrogen and oxygen atoms in total. The fourth-order valence-corrected chi connectivity index (χ4v) is 4.12. The molecule has 0 aromatic carbocycles. The van der Waals surface area contributed by atoms with Crippen LogP contribution in [0.15, 0.2) is 10.1 Å². The highest BCUT2D eigenvalue weighted by Crippen LogP contribution is 2.59. The largest absolute Gasteiger partial charge is 0.418 e. The molecule has 2 aliphatic rings. The predicted octanol–water partition coefficient (Wildman–Crippen LogP) is 3.91. The summed E-state index contributed by atoms with van der Waals surface area (Å²) in [5, 5.41) is 9.38. The lowest BCUT2D eigenvalue weighted by molar-refractivity contribution is -0.198. The molecule has 1 unspecified atom stereocenters. The van der Waals surface area contributed by atoms with Gasteiger partial charge in [0.25, 0.3) is 0 Å². The first-order chi connectivity index (χ1) is 7.37. The highest BCUT2D eigenvalue weighted by atomic mass is 79.9. The van der Waals surface area contributed by atoms with E-state index >= 15 is 0 Å². The normalized spacial score (nSPS) is 26.8. The molecule has 92 valence electrons. The summed E-state index contributed by atoms with van der Waals surface area (Å²) in [6.45, 7) is 0. The fourth-order valence-electron chi connectivity index (χ4n) is 2.95. The van der Waals surface area contributed by atoms with Crippen LogP contribution in [0, 0.1) is 5.41 Å². The molecule has 0 radical (unpaired) electrons. The first kappa shape index (κ1) is 12.4. The third-order valence-electron chi connectivity index (χ3n) is 3.75. The first-order valence-electron chi connectivity index (χ1n) is 5.51. The fraction of sp³-hybridized carbons (Fsp3) is 0.818. The van der Waals surface area contributed by atoms with Crippen molar-refractivity contribution < 1.29 is 18.3 Å². The topological polar surface area (TPSA) is 20.2 Å². The SMILES string of the molecule is OC(C1=C(Br)CC12CCCCC2)C(F)(F)F. The summed E-state index contributed by atoms with van der Waals surface area (Å²) in [5.41, 5.74) is -0.175. The molecular formula is C11H14BrF3O. The average Bonchev–Trinajstić information content (AvgIpc) is 2.17. The molecule has 2 rings (SSSR count). The Labute approximate surface area is 101 Å². The summed E-state index contributed by atoms with van der Waals surface area (Å²) in [6, 6.07) is 0. The van der Waals surface area contributed by atoms with Gasteiger partial charge >= 0.3 is 6.18 Å². The van der Waals surface area contributed by atoms with E-state index < -0.39 is 12.3 Å². The second-order valence-corrected chi connectivity index (χ2v) is 5.74. The van der Waals surface area contributed by atoms with Crippen LogP contribution in [0.2, 0.25) is 0 Å². The number of alkyl halides is 3. The van der Waals surface area contributed by atoms with Gasteiger partial charge in [-0.05, 0) is 34.7 Å². The average molecular weight is 299 g/mol. The van der Waals surface area contributed by atoms with Crippen molar-refractivity contribution in [1.82, 2.24) is 0 Å². The lowest BCUT2D eigenvalue weighted by Crippen LogP contribution is -2.45. The van der Waals surface area contributed by atoms with Crippen LogP contribution in [0.25, 0.3) is 0 Å². The Morgan fingerprint density at radius 2 is 1.75 bits per heavy atom. The Balaban J connectivity index is 2.22. The lowest BCUT2D eigenvalue weighted by atomic mass is 9.59. The zero-order valence-corrected chi connectivity index (χ0v) is 10.4. The highest BCUT2D eigenvalue weighted by Gasteiger charge is 2.54. The summed E-state index contributed by atoms with van der Waals surface area (Å²) in [6.07, 6.45) is -1.57. The Bertz CT molecular complexity index is 316. The van der Waals surface area contributed by atoms with Crippen molar-refractivity contribution in [1.29, 1.82) is 0 Å². The quantitative estimate of drug-likeness (QED) is 0.778. The molecule has 0 heterocycles. The number of rotatable bonds is 1. The number of aliphatic hydroxyl groups is 1. The molecule has 0 aromatic heterocycles. The molecule has 1 atom stereocenters. The number of allylic oxidation sites excluding steroid dienone is 1. The molecule has 1 spiro atoms. The van der Waals surface area contributed by atoms with Crippen LogP contribution in [0.3, 0.4) is 0 Å². The minimum Gasteiger partial charge on any atom is -0.379 e. The molecule has 0 aliphatic heterocycles. The summed E-state index contributed by atoms with van der Waals surface area (Å²) in [4.78, 5) is 0. The van der Waals surface area contributed by atoms with Crippen molar-refractivity contribution >= 4 is 15.9 Å². The van der Waals surface area contributed by atoms with Gasteiger partial charge in [0.1, 0.15) is 0 Å². The van der Waals surface area contributed by atoms with Crippen molar-refractivity contribution in [2.45, 2.75) is 50.8 Å². The molecule has 5 heteroatoms. The Hall–Kier alpha value is -0.0300. The van der Waals surface area contributed by atoms with E-state index in [1.165, 1.54) is 0 Å². The van der Waals surface area contributed by atoms with E-state index in [1.54, 1.807) is 0 Å². The molecule has 0 bridgehead atoms. The maximum Gasteiger partial charge on any atom is 0.418 e. The second-order valence-electron chi connectivity index (χ2n) is 4.78. The molecule has 2 aliphatic carbocycles. The highest BCUT2D eigenvalue weighted by molar-refractivity contribution is 9.11. The van der Waals surface area contributed by atoms with Gasteiger partial charge in [0.05, 0.1) is 0 Å². The molecule has 16 heavy (non-hydrogen) atoms. The Morgan fingerprint density at radius 1 is 1.19 bits per heavy atom. The Morgan fingerprint density at radius 3 is 2.19 bits per heavy atom. The van der Waals surface area contributed by atoms with Gasteiger partial charge in [-0.25, -0.2) is 0 Å². The van der Waals surface area contributed by atoms with Gasteiger partial charge in [-0.2, -0.15) is 13.2 Å². The smallest absolute Gasteiger partial charge is 0.379 e. The van der Waals surface area contributed by atoms with Crippen LogP contribution in [-0.2, 0) is 0 Å². The van der Waals surface area contributed by atoms with E-state index in [0.717, 1.165) is 32.1 Å². The maximum atomic E-state index is 12.5. The van der Waals surface area contributed by atoms with Crippen molar-refractivity contribution in [3.05, 3.63) is 10.1 Å². The van der Waals surface area contributed by atoms with Gasteiger partial charge in [-0.3, -0.25) is 0 Å². The minimum absolute atomic E-state index is 0.194. The molecule has 1 N–H and O–H groups in total. The van der Waals surface area contributed by atoms with Gasteiger partial charge in [0.2, 0.25) is 0 Å². The van der Waals surface area contributed by atoms with Crippen molar-refractivity contribution in [3.8, 4) is 0 Å². The number of hydrogen-bond acceptors (Lipinski definition) is 1. The van der Waals surface area contributed by atoms with Gasteiger partial charge in [-0.1, -0.05) is 35.2 Å². The molecule has 1 saturated carbocycles. The summed E-state index contributed by atoms with van der Waals surface area (Å²) < 4.78 is 38.1. The third-order valence-corrected chi connectivity index (χ3v) is 4.46. The maximum absolute atomic E-state index is 12.5. The summed E-state index contributed by atoms with van der Waals surface area (Å²) in [7, 11) is 0. The molecule has 0 aromatic rings. The van der Waals surface area contributed by atoms with Gasteiger partial charge < -0.3 is 5.11 Å². The van der Waals surface area contributed by atoms with Gasteiger partial charge in [0, 0.05) is 0 Å². The molecular weight excluding hydrogens is 285 g/mol. The number of aliphatic hydroxyl groups excluding tert-OH is 1. The van der Waals surface area contributed by atoms with Crippen molar-refractivity contribution in [2.24, 2.45) is 5.41 Å². The minimum atomic E-state index is -4.54. The van der Waals surface area contributed by atoms with Crippen LogP contribution in [0.1, 0.15) is 38.5 Å². The van der Waals surface area contributed by atoms with Crippen LogP contribution in [0.5, 0.6) is 0 Å². The summed E-state index contributed by atoms with van der Waals surface area (Å²) in [5.74, 6) is 0. The van der Waals surface area contributed by atoms with Gasteiger partial charge in [-0.15, -0.1) is 0 Å². The van der Waals surface area contributed by atoms with E-state index in [4.69, 9.17) is 0 Å². The molecule has 0 saturated heterocycles. The van der Waals surface area contributed by atoms with E-state index in [-0.39, 0.29) is 11.0 Å². The van der Waals surface area contributed by atoms with Crippen LogP contribution < -0.4 is 0 Å². The first-order valence-corrected chi connectivity index (χ1v) is 6.30. The number of halogens is 4. The summed E-state index contributed by atoms with van der Waals surface area (Å²) >= 11 is 3.15. The third kappa shape index (κ3) is 1.92. The van der Waals surface area contributed by atoms with Crippen LogP contribution in [0.4, 0.5) is 13.2 Å². The van der Waals surface area contributed by atoms with Crippen LogP contribution in [-0.4, -0.2) is 17.4 Å². The lowest BCUT2D eigenvalue weighted by Gasteiger charge is -2.49. The molecule has 1 fully saturated rings. The predicted molar refractivity (Wildman–Crippen MR) is 58.1 cm³/mol. The van der Waals surface area contributed by atoms with Gasteiger partial charge in [0.15, 0.2) is 6.10 Å². The monoisotopic (exact) mass is 298 g/mol. The van der Waals surface area contributed by atoms with Crippen molar-refractivity contribution in [3.63, 3.8) is 0 Å². The van der Waals surface area contributed by atoms with E-state index in [2.05, 4.69) is 15.9 Å². The van der Waals surface area contributed by atoms with Crippen LogP contribution >= 0.6 is 15.9 Å². The van der Waals surface area contributed by atoms with E-state index in [1.807, 2.05) is 0 Å². The standard InChI is InChI=1S/C11H14BrF3O/c12-7-6-10(4-2-1-3-5-10)8(7)9(16)11(13,14)15/h9,16H,1-6H2. The van der Waals surface area contributed by atoms with E-state index in [0.29, 0.717) is 10.9 Å². The second kappa shape index (κ2) is 4.02. The number of hydrogen-bond donors (Lipinski definition) is 1. The molecule has 0 amide bonds. The zero-order valence-electron chi connectivity index (χ0n) is 8.78.